The molecular formula is C12H17NO2. The Morgan fingerprint density at radius 1 is 1.40 bits per heavy atom. The van der Waals surface area contributed by atoms with Crippen LogP contribution < -0.4 is 10.5 Å². The lowest BCUT2D eigenvalue weighted by Crippen LogP contribution is -2.06. The lowest BCUT2D eigenvalue weighted by molar-refractivity contribution is 0.146. The highest BCUT2D eigenvalue weighted by atomic mass is 16.5. The van der Waals surface area contributed by atoms with Crippen LogP contribution in [0.25, 0.3) is 0 Å². The van der Waals surface area contributed by atoms with Gasteiger partial charge in [-0.2, -0.15) is 0 Å². The molecule has 0 fully saturated rings. The van der Waals surface area contributed by atoms with Gasteiger partial charge in [0.15, 0.2) is 0 Å². The van der Waals surface area contributed by atoms with Crippen LogP contribution in [0.4, 0.5) is 5.69 Å². The second-order valence-electron chi connectivity index (χ2n) is 3.20. The van der Waals surface area contributed by atoms with Crippen LogP contribution in [0.2, 0.25) is 0 Å². The number of nitrogens with two attached hydrogens (primary N) is 1. The predicted molar refractivity (Wildman–Crippen MR) is 62.1 cm³/mol. The Bertz CT molecular complexity index is 323. The van der Waals surface area contributed by atoms with E-state index in [1.807, 2.05) is 24.3 Å². The number of hydrogen-bond acceptors (Lipinski definition) is 3. The van der Waals surface area contributed by atoms with Gasteiger partial charge in [-0.25, -0.2) is 0 Å². The van der Waals surface area contributed by atoms with E-state index in [-0.39, 0.29) is 0 Å². The van der Waals surface area contributed by atoms with E-state index in [0.717, 1.165) is 23.4 Å². The fraction of sp³-hybridized carbons (Fsp3) is 0.333. The smallest absolute Gasteiger partial charge is 0.123 e. The fourth-order valence-corrected chi connectivity index (χ4v) is 1.29. The fourth-order valence-electron chi connectivity index (χ4n) is 1.29. The summed E-state index contributed by atoms with van der Waals surface area (Å²) < 4.78 is 10.5. The summed E-state index contributed by atoms with van der Waals surface area (Å²) in [5.74, 6) is 0.848. The van der Waals surface area contributed by atoms with Crippen LogP contribution in [-0.2, 0) is 11.2 Å². The quantitative estimate of drug-likeness (QED) is 0.441. The molecule has 0 aliphatic heterocycles. The van der Waals surface area contributed by atoms with Gasteiger partial charge in [0.25, 0.3) is 0 Å². The molecule has 0 saturated heterocycles. The van der Waals surface area contributed by atoms with Crippen molar-refractivity contribution in [2.75, 3.05) is 26.1 Å². The number of allylic oxidation sites excluding steroid dienone is 1. The van der Waals surface area contributed by atoms with Crippen molar-refractivity contribution >= 4 is 5.69 Å². The minimum atomic E-state index is 0.546. The van der Waals surface area contributed by atoms with Gasteiger partial charge in [0.05, 0.1) is 6.61 Å². The van der Waals surface area contributed by atoms with Crippen molar-refractivity contribution in [2.45, 2.75) is 6.42 Å². The first-order chi connectivity index (χ1) is 7.27. The zero-order valence-corrected chi connectivity index (χ0v) is 9.03. The second kappa shape index (κ2) is 6.09. The summed E-state index contributed by atoms with van der Waals surface area (Å²) in [5, 5.41) is 0. The molecule has 3 nitrogen and oxygen atoms in total. The third-order valence-electron chi connectivity index (χ3n) is 1.99. The van der Waals surface area contributed by atoms with E-state index in [9.17, 15) is 0 Å². The number of nitrogen functional groups attached to an aromatic ring is 1. The molecule has 3 heteroatoms. The second-order valence-corrected chi connectivity index (χ2v) is 3.20. The van der Waals surface area contributed by atoms with E-state index in [4.69, 9.17) is 15.2 Å². The summed E-state index contributed by atoms with van der Waals surface area (Å²) in [6, 6.07) is 5.61. The van der Waals surface area contributed by atoms with Gasteiger partial charge in [-0.15, -0.1) is 6.58 Å². The topological polar surface area (TPSA) is 44.5 Å². The van der Waals surface area contributed by atoms with Crippen molar-refractivity contribution in [3.05, 3.63) is 36.4 Å². The van der Waals surface area contributed by atoms with Crippen LogP contribution in [0.15, 0.2) is 30.9 Å². The number of ether oxygens (including phenoxy) is 2. The Morgan fingerprint density at radius 3 is 2.87 bits per heavy atom. The largest absolute Gasteiger partial charge is 0.491 e. The van der Waals surface area contributed by atoms with Crippen LogP contribution in [-0.4, -0.2) is 20.3 Å². The Morgan fingerprint density at radius 2 is 2.20 bits per heavy atom. The van der Waals surface area contributed by atoms with Gasteiger partial charge in [-0.05, 0) is 30.2 Å². The Kier molecular flexibility index (Phi) is 4.71. The maximum atomic E-state index is 5.70. The van der Waals surface area contributed by atoms with E-state index >= 15 is 0 Å². The molecule has 0 saturated carbocycles. The molecule has 15 heavy (non-hydrogen) atoms. The predicted octanol–water partition coefficient (Wildman–Crippen LogP) is 2.02. The van der Waals surface area contributed by atoms with Crippen molar-refractivity contribution in [1.29, 1.82) is 0 Å². The average molecular weight is 207 g/mol. The SMILES string of the molecule is C=CCc1cc(N)ccc1OCCOC. The Labute approximate surface area is 90.5 Å². The summed E-state index contributed by atoms with van der Waals surface area (Å²) >= 11 is 0. The zero-order valence-electron chi connectivity index (χ0n) is 9.03. The zero-order chi connectivity index (χ0) is 11.1. The van der Waals surface area contributed by atoms with Crippen LogP contribution in [0, 0.1) is 0 Å². The molecule has 0 unspecified atom stereocenters. The van der Waals surface area contributed by atoms with Crippen molar-refractivity contribution in [3.63, 3.8) is 0 Å². The first-order valence-electron chi connectivity index (χ1n) is 4.89. The van der Waals surface area contributed by atoms with Crippen LogP contribution >= 0.6 is 0 Å². The lowest BCUT2D eigenvalue weighted by Gasteiger charge is -2.10. The summed E-state index contributed by atoms with van der Waals surface area (Å²) in [7, 11) is 1.65. The van der Waals surface area contributed by atoms with Crippen molar-refractivity contribution in [3.8, 4) is 5.75 Å². The highest BCUT2D eigenvalue weighted by Crippen LogP contribution is 2.22. The van der Waals surface area contributed by atoms with Gasteiger partial charge < -0.3 is 15.2 Å². The molecule has 0 heterocycles. The molecule has 2 N–H and O–H groups in total. The van der Waals surface area contributed by atoms with Gasteiger partial charge in [-0.3, -0.25) is 0 Å². The normalized spacial score (nSPS) is 9.93. The van der Waals surface area contributed by atoms with Gasteiger partial charge in [0.2, 0.25) is 0 Å². The molecular weight excluding hydrogens is 190 g/mol. The molecule has 0 atom stereocenters. The average Bonchev–Trinajstić information content (AvgIpc) is 2.22. The molecule has 0 bridgehead atoms. The monoisotopic (exact) mass is 207 g/mol. The maximum Gasteiger partial charge on any atom is 0.123 e. The first kappa shape index (κ1) is 11.6. The number of methoxy groups -OCH3 is 1. The molecule has 0 aromatic heterocycles. The lowest BCUT2D eigenvalue weighted by atomic mass is 10.1. The van der Waals surface area contributed by atoms with Crippen LogP contribution in [0.3, 0.4) is 0 Å². The molecule has 0 radical (unpaired) electrons. The van der Waals surface area contributed by atoms with E-state index in [0.29, 0.717) is 13.2 Å². The van der Waals surface area contributed by atoms with Crippen LogP contribution in [0.5, 0.6) is 5.75 Å². The van der Waals surface area contributed by atoms with Gasteiger partial charge in [-0.1, -0.05) is 6.08 Å². The minimum Gasteiger partial charge on any atom is -0.491 e. The molecule has 0 amide bonds. The summed E-state index contributed by atoms with van der Waals surface area (Å²) in [6.45, 7) is 4.83. The van der Waals surface area contributed by atoms with E-state index in [1.54, 1.807) is 7.11 Å². The molecule has 1 rings (SSSR count). The van der Waals surface area contributed by atoms with E-state index in [2.05, 4.69) is 6.58 Å². The summed E-state index contributed by atoms with van der Waals surface area (Å²) in [6.07, 6.45) is 2.59. The molecule has 0 spiro atoms. The highest BCUT2D eigenvalue weighted by molar-refractivity contribution is 5.48. The number of anilines is 1. The van der Waals surface area contributed by atoms with Crippen molar-refractivity contribution in [1.82, 2.24) is 0 Å². The van der Waals surface area contributed by atoms with E-state index in [1.165, 1.54) is 0 Å². The molecule has 82 valence electrons. The Balaban J connectivity index is 2.71. The number of hydrogen-bond donors (Lipinski definition) is 1. The van der Waals surface area contributed by atoms with Gasteiger partial charge in [0.1, 0.15) is 12.4 Å². The van der Waals surface area contributed by atoms with Gasteiger partial charge >= 0.3 is 0 Å². The third kappa shape index (κ3) is 3.64. The number of benzene rings is 1. The van der Waals surface area contributed by atoms with Crippen molar-refractivity contribution < 1.29 is 9.47 Å². The minimum absolute atomic E-state index is 0.546. The Hall–Kier alpha value is -1.48. The standard InChI is InChI=1S/C12H17NO2/c1-3-4-10-9-11(13)5-6-12(10)15-8-7-14-2/h3,5-6,9H,1,4,7-8,13H2,2H3. The first-order valence-corrected chi connectivity index (χ1v) is 4.89. The molecule has 1 aromatic rings. The highest BCUT2D eigenvalue weighted by Gasteiger charge is 2.02. The van der Waals surface area contributed by atoms with Crippen molar-refractivity contribution in [2.24, 2.45) is 0 Å². The maximum absolute atomic E-state index is 5.70. The summed E-state index contributed by atoms with van der Waals surface area (Å²) in [4.78, 5) is 0. The summed E-state index contributed by atoms with van der Waals surface area (Å²) in [5.41, 5.74) is 7.50. The van der Waals surface area contributed by atoms with E-state index < -0.39 is 0 Å². The van der Waals surface area contributed by atoms with Crippen LogP contribution in [0.1, 0.15) is 5.56 Å². The molecule has 0 aliphatic rings. The molecule has 0 aliphatic carbocycles. The van der Waals surface area contributed by atoms with Gasteiger partial charge in [0, 0.05) is 12.8 Å². The molecule has 1 aromatic carbocycles. The third-order valence-corrected chi connectivity index (χ3v) is 1.99. The number of rotatable bonds is 6.